The van der Waals surface area contributed by atoms with Crippen LogP contribution in [-0.2, 0) is 5.41 Å². The maximum atomic E-state index is 9.62. The number of aliphatic hydroxyl groups excluding tert-OH is 1. The van der Waals surface area contributed by atoms with Gasteiger partial charge in [-0.1, -0.05) is 42.5 Å². The minimum Gasteiger partial charge on any atom is -0.395 e. The number of benzene rings is 2. The van der Waals surface area contributed by atoms with Gasteiger partial charge in [0, 0.05) is 5.41 Å². The summed E-state index contributed by atoms with van der Waals surface area (Å²) < 4.78 is 0. The highest BCUT2D eigenvalue weighted by atomic mass is 16.3. The van der Waals surface area contributed by atoms with E-state index >= 15 is 0 Å². The van der Waals surface area contributed by atoms with E-state index < -0.39 is 0 Å². The molecule has 0 heterocycles. The van der Waals surface area contributed by atoms with Gasteiger partial charge in [0.1, 0.15) is 0 Å². The minimum absolute atomic E-state index is 0.0432. The van der Waals surface area contributed by atoms with Gasteiger partial charge in [0.05, 0.1) is 18.6 Å². The second-order valence-electron chi connectivity index (χ2n) is 4.73. The molecule has 1 fully saturated rings. The summed E-state index contributed by atoms with van der Waals surface area (Å²) in [5.74, 6) is -0.0432. The van der Waals surface area contributed by atoms with E-state index in [4.69, 9.17) is 5.26 Å². The molecule has 2 heteroatoms. The van der Waals surface area contributed by atoms with Crippen molar-refractivity contribution in [2.45, 2.75) is 11.8 Å². The number of nitrogens with zero attached hydrogens (tertiary/aromatic N) is 1. The van der Waals surface area contributed by atoms with E-state index in [0.717, 1.165) is 17.4 Å². The predicted octanol–water partition coefficient (Wildman–Crippen LogP) is 2.61. The highest BCUT2D eigenvalue weighted by Gasteiger charge is 2.56. The fraction of sp³-hybridized carbons (Fsp3) is 0.267. The first-order valence-electron chi connectivity index (χ1n) is 5.80. The van der Waals surface area contributed by atoms with Crippen LogP contribution in [-0.4, -0.2) is 11.7 Å². The van der Waals surface area contributed by atoms with E-state index in [1.807, 2.05) is 24.3 Å². The van der Waals surface area contributed by atoms with Crippen LogP contribution in [0.3, 0.4) is 0 Å². The van der Waals surface area contributed by atoms with Crippen molar-refractivity contribution in [2.75, 3.05) is 6.61 Å². The normalized spacial score (nSPS) is 26.7. The standard InChI is InChI=1S/C15H13NO/c16-9-12-8-15(12,10-17)14-7-3-5-11-4-1-2-6-13(11)14/h1-7,12,17H,8,10H2/t12-,15-/m1/s1. The molecule has 2 nitrogen and oxygen atoms in total. The molecule has 0 amide bonds. The molecule has 1 aliphatic carbocycles. The number of hydrogen-bond donors (Lipinski definition) is 1. The van der Waals surface area contributed by atoms with E-state index in [1.54, 1.807) is 0 Å². The molecule has 0 aromatic heterocycles. The van der Waals surface area contributed by atoms with Crippen LogP contribution in [0.2, 0.25) is 0 Å². The number of hydrogen-bond acceptors (Lipinski definition) is 2. The second-order valence-corrected chi connectivity index (χ2v) is 4.73. The van der Waals surface area contributed by atoms with Crippen LogP contribution in [0.15, 0.2) is 42.5 Å². The summed E-state index contributed by atoms with van der Waals surface area (Å²) in [5, 5.41) is 21.0. The highest BCUT2D eigenvalue weighted by molar-refractivity contribution is 5.87. The molecular formula is C15H13NO. The summed E-state index contributed by atoms with van der Waals surface area (Å²) in [7, 11) is 0. The van der Waals surface area contributed by atoms with Gasteiger partial charge in [0.15, 0.2) is 0 Å². The minimum atomic E-state index is -0.324. The van der Waals surface area contributed by atoms with Crippen LogP contribution >= 0.6 is 0 Å². The quantitative estimate of drug-likeness (QED) is 0.850. The monoisotopic (exact) mass is 223 g/mol. The molecular weight excluding hydrogens is 210 g/mol. The predicted molar refractivity (Wildman–Crippen MR) is 66.4 cm³/mol. The Bertz CT molecular complexity index is 608. The lowest BCUT2D eigenvalue weighted by Gasteiger charge is -2.15. The lowest BCUT2D eigenvalue weighted by Crippen LogP contribution is -2.15. The number of aliphatic hydroxyl groups is 1. The average Bonchev–Trinajstić information content (AvgIpc) is 3.13. The van der Waals surface area contributed by atoms with Gasteiger partial charge in [-0.05, 0) is 22.8 Å². The van der Waals surface area contributed by atoms with Gasteiger partial charge in [0.25, 0.3) is 0 Å². The largest absolute Gasteiger partial charge is 0.395 e. The van der Waals surface area contributed by atoms with Gasteiger partial charge in [-0.25, -0.2) is 0 Å². The van der Waals surface area contributed by atoms with Crippen molar-refractivity contribution in [1.82, 2.24) is 0 Å². The molecule has 0 spiro atoms. The van der Waals surface area contributed by atoms with Crippen molar-refractivity contribution >= 4 is 10.8 Å². The van der Waals surface area contributed by atoms with Crippen molar-refractivity contribution in [2.24, 2.45) is 5.92 Å². The molecule has 17 heavy (non-hydrogen) atoms. The Kier molecular flexibility index (Phi) is 2.17. The Morgan fingerprint density at radius 2 is 2.00 bits per heavy atom. The maximum Gasteiger partial charge on any atom is 0.0666 e. The topological polar surface area (TPSA) is 44.0 Å². The van der Waals surface area contributed by atoms with Crippen molar-refractivity contribution < 1.29 is 5.11 Å². The van der Waals surface area contributed by atoms with Crippen LogP contribution < -0.4 is 0 Å². The molecule has 0 aliphatic heterocycles. The molecule has 2 aromatic rings. The van der Waals surface area contributed by atoms with Gasteiger partial charge in [0.2, 0.25) is 0 Å². The van der Waals surface area contributed by atoms with Gasteiger partial charge >= 0.3 is 0 Å². The Balaban J connectivity index is 2.22. The summed E-state index contributed by atoms with van der Waals surface area (Å²) >= 11 is 0. The molecule has 84 valence electrons. The van der Waals surface area contributed by atoms with E-state index in [9.17, 15) is 5.11 Å². The summed E-state index contributed by atoms with van der Waals surface area (Å²) in [6.45, 7) is 0.0548. The molecule has 0 radical (unpaired) electrons. The van der Waals surface area contributed by atoms with Crippen molar-refractivity contribution in [3.63, 3.8) is 0 Å². The first kappa shape index (κ1) is 10.3. The third-order valence-electron chi connectivity index (χ3n) is 3.84. The molecule has 2 aromatic carbocycles. The fourth-order valence-corrected chi connectivity index (χ4v) is 2.69. The Labute approximate surface area is 100 Å². The molecule has 0 saturated heterocycles. The average molecular weight is 223 g/mol. The smallest absolute Gasteiger partial charge is 0.0666 e. The first-order valence-corrected chi connectivity index (χ1v) is 5.80. The summed E-state index contributed by atoms with van der Waals surface area (Å²) in [5.41, 5.74) is 0.792. The van der Waals surface area contributed by atoms with Crippen molar-refractivity contribution in [1.29, 1.82) is 5.26 Å². The van der Waals surface area contributed by atoms with E-state index in [1.165, 1.54) is 5.39 Å². The molecule has 1 N–H and O–H groups in total. The number of rotatable bonds is 2. The number of fused-ring (bicyclic) bond motifs is 1. The summed E-state index contributed by atoms with van der Waals surface area (Å²) in [4.78, 5) is 0. The van der Waals surface area contributed by atoms with Crippen molar-refractivity contribution in [3.8, 4) is 6.07 Å². The molecule has 3 rings (SSSR count). The molecule has 0 bridgehead atoms. The lowest BCUT2D eigenvalue weighted by molar-refractivity contribution is 0.251. The summed E-state index contributed by atoms with van der Waals surface area (Å²) in [6, 6.07) is 16.5. The fourth-order valence-electron chi connectivity index (χ4n) is 2.69. The lowest BCUT2D eigenvalue weighted by atomic mass is 9.89. The van der Waals surface area contributed by atoms with Gasteiger partial charge in [-0.2, -0.15) is 5.26 Å². The van der Waals surface area contributed by atoms with Crippen LogP contribution in [0, 0.1) is 17.2 Å². The molecule has 2 atom stereocenters. The van der Waals surface area contributed by atoms with Crippen LogP contribution in [0.1, 0.15) is 12.0 Å². The maximum absolute atomic E-state index is 9.62. The van der Waals surface area contributed by atoms with Gasteiger partial charge < -0.3 is 5.11 Å². The van der Waals surface area contributed by atoms with Crippen LogP contribution in [0.4, 0.5) is 0 Å². The Hall–Kier alpha value is -1.85. The van der Waals surface area contributed by atoms with E-state index in [0.29, 0.717) is 0 Å². The highest BCUT2D eigenvalue weighted by Crippen LogP contribution is 2.55. The zero-order valence-corrected chi connectivity index (χ0v) is 9.43. The van der Waals surface area contributed by atoms with Crippen LogP contribution in [0.5, 0.6) is 0 Å². The third-order valence-corrected chi connectivity index (χ3v) is 3.84. The Morgan fingerprint density at radius 1 is 1.24 bits per heavy atom. The molecule has 1 aliphatic rings. The zero-order chi connectivity index (χ0) is 11.9. The second kappa shape index (κ2) is 3.58. The summed E-state index contributed by atoms with van der Waals surface area (Å²) in [6.07, 6.45) is 0.772. The van der Waals surface area contributed by atoms with Gasteiger partial charge in [-0.3, -0.25) is 0 Å². The van der Waals surface area contributed by atoms with Crippen LogP contribution in [0.25, 0.3) is 10.8 Å². The van der Waals surface area contributed by atoms with Crippen molar-refractivity contribution in [3.05, 3.63) is 48.0 Å². The molecule has 0 unspecified atom stereocenters. The SMILES string of the molecule is N#C[C@H]1C[C@]1(CO)c1cccc2ccccc12. The first-order chi connectivity index (χ1) is 8.31. The Morgan fingerprint density at radius 3 is 2.71 bits per heavy atom. The zero-order valence-electron chi connectivity index (χ0n) is 9.43. The van der Waals surface area contributed by atoms with Gasteiger partial charge in [-0.15, -0.1) is 0 Å². The van der Waals surface area contributed by atoms with E-state index in [2.05, 4.69) is 24.3 Å². The number of nitriles is 1. The third kappa shape index (κ3) is 1.36. The molecule has 1 saturated carbocycles. The van der Waals surface area contributed by atoms with E-state index in [-0.39, 0.29) is 17.9 Å².